The third-order valence-corrected chi connectivity index (χ3v) is 4.77. The predicted molar refractivity (Wildman–Crippen MR) is 99.8 cm³/mol. The first-order valence-corrected chi connectivity index (χ1v) is 8.83. The number of para-hydroxylation sites is 2. The minimum Gasteiger partial charge on any atom is -0.341 e. The molecule has 0 bridgehead atoms. The summed E-state index contributed by atoms with van der Waals surface area (Å²) in [5, 5.41) is 4.88. The quantitative estimate of drug-likeness (QED) is 0.664. The van der Waals surface area contributed by atoms with Gasteiger partial charge in [0.15, 0.2) is 0 Å². The SMILES string of the molecule is S=c1n(-c2ccccc2)nc(N2CCCCC2)n1-c1ccccc1. The van der Waals surface area contributed by atoms with Crippen LogP contribution in [0.5, 0.6) is 0 Å². The molecular formula is C19H20N4S. The standard InChI is InChI=1S/C19H20N4S/c24-19-22(16-10-4-1-5-11-16)18(21-14-8-3-9-15-21)20-23(19)17-12-6-2-7-13-17/h1-2,4-7,10-13H,3,8-9,14-15H2. The highest BCUT2D eigenvalue weighted by atomic mass is 32.1. The molecule has 0 aliphatic carbocycles. The van der Waals surface area contributed by atoms with E-state index in [0.717, 1.165) is 30.4 Å². The maximum atomic E-state index is 5.78. The number of benzene rings is 2. The van der Waals surface area contributed by atoms with Gasteiger partial charge in [-0.1, -0.05) is 36.4 Å². The maximum absolute atomic E-state index is 5.78. The van der Waals surface area contributed by atoms with Crippen LogP contribution in [-0.2, 0) is 0 Å². The van der Waals surface area contributed by atoms with Crippen LogP contribution in [0, 0.1) is 4.77 Å². The van der Waals surface area contributed by atoms with Gasteiger partial charge in [-0.3, -0.25) is 4.57 Å². The molecule has 0 spiro atoms. The molecule has 1 fully saturated rings. The molecular weight excluding hydrogens is 316 g/mol. The summed E-state index contributed by atoms with van der Waals surface area (Å²) in [6.45, 7) is 2.07. The summed E-state index contributed by atoms with van der Waals surface area (Å²) in [7, 11) is 0. The number of rotatable bonds is 3. The lowest BCUT2D eigenvalue weighted by atomic mass is 10.1. The molecule has 0 atom stereocenters. The monoisotopic (exact) mass is 336 g/mol. The fraction of sp³-hybridized carbons (Fsp3) is 0.263. The molecule has 1 aromatic heterocycles. The smallest absolute Gasteiger partial charge is 0.231 e. The largest absolute Gasteiger partial charge is 0.341 e. The van der Waals surface area contributed by atoms with Crippen LogP contribution in [0.1, 0.15) is 19.3 Å². The van der Waals surface area contributed by atoms with Crippen LogP contribution in [-0.4, -0.2) is 27.4 Å². The summed E-state index contributed by atoms with van der Waals surface area (Å²) in [5.74, 6) is 0.940. The molecule has 0 radical (unpaired) electrons. The zero-order valence-electron chi connectivity index (χ0n) is 13.5. The van der Waals surface area contributed by atoms with Gasteiger partial charge in [-0.2, -0.15) is 0 Å². The highest BCUT2D eigenvalue weighted by molar-refractivity contribution is 7.71. The van der Waals surface area contributed by atoms with Crippen molar-refractivity contribution < 1.29 is 0 Å². The van der Waals surface area contributed by atoms with Gasteiger partial charge in [0.2, 0.25) is 10.7 Å². The van der Waals surface area contributed by atoms with Gasteiger partial charge < -0.3 is 4.90 Å². The fourth-order valence-electron chi connectivity index (χ4n) is 3.20. The number of anilines is 1. The van der Waals surface area contributed by atoms with Crippen molar-refractivity contribution in [1.29, 1.82) is 0 Å². The molecule has 2 heterocycles. The molecule has 5 heteroatoms. The van der Waals surface area contributed by atoms with Gasteiger partial charge in [0.25, 0.3) is 0 Å². The van der Waals surface area contributed by atoms with Crippen molar-refractivity contribution >= 4 is 18.2 Å². The molecule has 3 aromatic rings. The second kappa shape index (κ2) is 6.61. The van der Waals surface area contributed by atoms with E-state index in [1.54, 1.807) is 0 Å². The lowest BCUT2D eigenvalue weighted by Gasteiger charge is -2.27. The van der Waals surface area contributed by atoms with E-state index in [4.69, 9.17) is 17.3 Å². The Morgan fingerprint density at radius 3 is 1.96 bits per heavy atom. The number of piperidine rings is 1. The third kappa shape index (κ3) is 2.76. The minimum absolute atomic E-state index is 0.702. The lowest BCUT2D eigenvalue weighted by molar-refractivity contribution is 0.564. The molecule has 2 aromatic carbocycles. The van der Waals surface area contributed by atoms with Crippen LogP contribution in [0.2, 0.25) is 0 Å². The van der Waals surface area contributed by atoms with E-state index >= 15 is 0 Å². The first-order valence-electron chi connectivity index (χ1n) is 8.42. The van der Waals surface area contributed by atoms with Crippen molar-refractivity contribution in [1.82, 2.24) is 14.3 Å². The van der Waals surface area contributed by atoms with Gasteiger partial charge in [-0.15, -0.1) is 5.10 Å². The van der Waals surface area contributed by atoms with Crippen LogP contribution in [0.25, 0.3) is 11.4 Å². The van der Waals surface area contributed by atoms with Crippen LogP contribution in [0.4, 0.5) is 5.95 Å². The molecule has 122 valence electrons. The van der Waals surface area contributed by atoms with Crippen LogP contribution < -0.4 is 4.90 Å². The molecule has 0 N–H and O–H groups in total. The average Bonchev–Trinajstić information content (AvgIpc) is 3.01. The van der Waals surface area contributed by atoms with Crippen molar-refractivity contribution in [3.05, 3.63) is 65.4 Å². The minimum atomic E-state index is 0.702. The van der Waals surface area contributed by atoms with Gasteiger partial charge in [-0.05, 0) is 55.7 Å². The first-order chi connectivity index (χ1) is 11.8. The van der Waals surface area contributed by atoms with Crippen molar-refractivity contribution in [3.8, 4) is 11.4 Å². The summed E-state index contributed by atoms with van der Waals surface area (Å²) in [5.41, 5.74) is 2.06. The third-order valence-electron chi connectivity index (χ3n) is 4.42. The Balaban J connectivity index is 1.89. The van der Waals surface area contributed by atoms with Gasteiger partial charge >= 0.3 is 0 Å². The zero-order valence-corrected chi connectivity index (χ0v) is 14.3. The molecule has 4 nitrogen and oxygen atoms in total. The summed E-state index contributed by atoms with van der Waals surface area (Å²) in [6, 6.07) is 20.4. The second-order valence-electron chi connectivity index (χ2n) is 6.05. The van der Waals surface area contributed by atoms with Gasteiger partial charge in [0.05, 0.1) is 11.4 Å². The van der Waals surface area contributed by atoms with E-state index < -0.39 is 0 Å². The number of hydrogen-bond donors (Lipinski definition) is 0. The predicted octanol–water partition coefficient (Wildman–Crippen LogP) is 4.38. The first kappa shape index (κ1) is 15.1. The van der Waals surface area contributed by atoms with E-state index in [9.17, 15) is 0 Å². The number of aromatic nitrogens is 3. The van der Waals surface area contributed by atoms with Crippen molar-refractivity contribution in [2.24, 2.45) is 0 Å². The fourth-order valence-corrected chi connectivity index (χ4v) is 3.53. The highest BCUT2D eigenvalue weighted by Gasteiger charge is 2.20. The molecule has 0 amide bonds. The maximum Gasteiger partial charge on any atom is 0.231 e. The Morgan fingerprint density at radius 2 is 1.33 bits per heavy atom. The van der Waals surface area contributed by atoms with Crippen molar-refractivity contribution in [2.75, 3.05) is 18.0 Å². The molecule has 1 aliphatic heterocycles. The summed E-state index contributed by atoms with van der Waals surface area (Å²) in [4.78, 5) is 2.35. The molecule has 24 heavy (non-hydrogen) atoms. The van der Waals surface area contributed by atoms with Gasteiger partial charge in [0.1, 0.15) is 0 Å². The van der Waals surface area contributed by atoms with Crippen LogP contribution >= 0.6 is 12.2 Å². The highest BCUT2D eigenvalue weighted by Crippen LogP contribution is 2.24. The lowest BCUT2D eigenvalue weighted by Crippen LogP contribution is -2.31. The molecule has 0 saturated carbocycles. The summed E-state index contributed by atoms with van der Waals surface area (Å²) < 4.78 is 4.66. The van der Waals surface area contributed by atoms with Crippen LogP contribution in [0.3, 0.4) is 0 Å². The number of nitrogens with zero attached hydrogens (tertiary/aromatic N) is 4. The molecule has 0 unspecified atom stereocenters. The van der Waals surface area contributed by atoms with Gasteiger partial charge in [0, 0.05) is 13.1 Å². The molecule has 1 aliphatic rings. The molecule has 1 saturated heterocycles. The Hall–Kier alpha value is -2.40. The average molecular weight is 336 g/mol. The van der Waals surface area contributed by atoms with Gasteiger partial charge in [-0.25, -0.2) is 4.68 Å². The Morgan fingerprint density at radius 1 is 0.750 bits per heavy atom. The summed E-state index contributed by atoms with van der Waals surface area (Å²) >= 11 is 5.78. The van der Waals surface area contributed by atoms with E-state index in [1.807, 2.05) is 53.2 Å². The van der Waals surface area contributed by atoms with E-state index in [1.165, 1.54) is 19.3 Å². The Labute approximate surface area is 147 Å². The van der Waals surface area contributed by atoms with E-state index in [2.05, 4.69) is 21.6 Å². The normalized spacial score (nSPS) is 14.8. The van der Waals surface area contributed by atoms with Crippen LogP contribution in [0.15, 0.2) is 60.7 Å². The molecule has 4 rings (SSSR count). The Bertz CT molecular complexity index is 861. The van der Waals surface area contributed by atoms with E-state index in [-0.39, 0.29) is 0 Å². The van der Waals surface area contributed by atoms with Crippen molar-refractivity contribution in [2.45, 2.75) is 19.3 Å². The van der Waals surface area contributed by atoms with E-state index in [0.29, 0.717) is 4.77 Å². The second-order valence-corrected chi connectivity index (χ2v) is 6.41. The number of hydrogen-bond acceptors (Lipinski definition) is 3. The topological polar surface area (TPSA) is 26.0 Å². The Kier molecular flexibility index (Phi) is 4.17. The summed E-state index contributed by atoms with van der Waals surface area (Å²) in [6.07, 6.45) is 3.71. The zero-order chi connectivity index (χ0) is 16.4. The van der Waals surface area contributed by atoms with Crippen molar-refractivity contribution in [3.63, 3.8) is 0 Å².